The molecule has 1 N–H and O–H groups in total. The second-order valence-electron chi connectivity index (χ2n) is 6.14. The van der Waals surface area contributed by atoms with Crippen molar-refractivity contribution in [3.05, 3.63) is 53.6 Å². The number of nitrogens with zero attached hydrogens (tertiary/aromatic N) is 2. The zero-order valence-corrected chi connectivity index (χ0v) is 14.8. The van der Waals surface area contributed by atoms with Crippen molar-refractivity contribution >= 4 is 5.91 Å². The van der Waals surface area contributed by atoms with Gasteiger partial charge in [0.1, 0.15) is 12.1 Å². The fourth-order valence-electron chi connectivity index (χ4n) is 2.81. The first kappa shape index (κ1) is 17.9. The Kier molecular flexibility index (Phi) is 5.90. The number of nitrogens with one attached hydrogen (secondary N) is 1. The van der Waals surface area contributed by atoms with E-state index in [1.165, 1.54) is 11.9 Å². The van der Waals surface area contributed by atoms with Crippen LogP contribution < -0.4 is 10.1 Å². The lowest BCUT2D eigenvalue weighted by atomic mass is 9.77. The standard InChI is InChI=1S/C19H25N3O2/c1-5-19(3,16-8-6-7-9-17(16)24-4)10-11-21-18(23)15-12-20-13-22-14(15)2/h6-9,12-13H,5,10-11H2,1-4H3,(H,21,23)/t19-/m1/s1. The Hall–Kier alpha value is -2.43. The number of carbonyl (C=O) groups excluding carboxylic acids is 1. The number of methoxy groups -OCH3 is 1. The molecule has 0 bridgehead atoms. The van der Waals surface area contributed by atoms with Crippen LogP contribution in [0.25, 0.3) is 0 Å². The summed E-state index contributed by atoms with van der Waals surface area (Å²) in [4.78, 5) is 20.3. The van der Waals surface area contributed by atoms with Gasteiger partial charge in [-0.1, -0.05) is 32.0 Å². The van der Waals surface area contributed by atoms with Crippen LogP contribution in [-0.2, 0) is 5.41 Å². The Labute approximate surface area is 143 Å². The zero-order chi connectivity index (χ0) is 17.6. The van der Waals surface area contributed by atoms with Gasteiger partial charge in [-0.2, -0.15) is 0 Å². The third kappa shape index (κ3) is 3.91. The Morgan fingerprint density at radius 3 is 2.75 bits per heavy atom. The van der Waals surface area contributed by atoms with Crippen LogP contribution in [0.15, 0.2) is 36.8 Å². The number of hydrogen-bond acceptors (Lipinski definition) is 4. The number of aryl methyl sites for hydroxylation is 1. The molecule has 0 saturated carbocycles. The van der Waals surface area contributed by atoms with Crippen molar-refractivity contribution in [2.24, 2.45) is 0 Å². The molecule has 5 heteroatoms. The number of carbonyl (C=O) groups is 1. The molecule has 0 aliphatic rings. The van der Waals surface area contributed by atoms with E-state index in [1.54, 1.807) is 13.3 Å². The molecule has 1 atom stereocenters. The molecule has 0 spiro atoms. The summed E-state index contributed by atoms with van der Waals surface area (Å²) in [6.07, 6.45) is 4.78. The molecule has 0 unspecified atom stereocenters. The van der Waals surface area contributed by atoms with Crippen LogP contribution in [0.4, 0.5) is 0 Å². The highest BCUT2D eigenvalue weighted by Crippen LogP contribution is 2.36. The van der Waals surface area contributed by atoms with Gasteiger partial charge < -0.3 is 10.1 Å². The minimum atomic E-state index is -0.133. The molecule has 1 aromatic carbocycles. The third-order valence-electron chi connectivity index (χ3n) is 4.66. The second-order valence-corrected chi connectivity index (χ2v) is 6.14. The molecule has 0 aliphatic carbocycles. The number of benzene rings is 1. The number of amides is 1. The van der Waals surface area contributed by atoms with Gasteiger partial charge in [0.05, 0.1) is 18.4 Å². The van der Waals surface area contributed by atoms with Crippen LogP contribution in [0.2, 0.25) is 0 Å². The van der Waals surface area contributed by atoms with Crippen LogP contribution in [0, 0.1) is 6.92 Å². The predicted molar refractivity (Wildman–Crippen MR) is 94.4 cm³/mol. The van der Waals surface area contributed by atoms with Gasteiger partial charge >= 0.3 is 0 Å². The van der Waals surface area contributed by atoms with E-state index in [4.69, 9.17) is 4.74 Å². The second kappa shape index (κ2) is 7.90. The lowest BCUT2D eigenvalue weighted by molar-refractivity contribution is 0.0949. The van der Waals surface area contributed by atoms with E-state index >= 15 is 0 Å². The van der Waals surface area contributed by atoms with Crippen molar-refractivity contribution in [2.45, 2.75) is 39.0 Å². The summed E-state index contributed by atoms with van der Waals surface area (Å²) in [5.41, 5.74) is 2.31. The quantitative estimate of drug-likeness (QED) is 0.847. The number of ether oxygens (including phenoxy) is 1. The predicted octanol–water partition coefficient (Wildman–Crippen LogP) is 3.28. The molecule has 128 valence electrons. The normalized spacial score (nSPS) is 13.2. The van der Waals surface area contributed by atoms with E-state index in [9.17, 15) is 4.79 Å². The molecule has 1 aromatic heterocycles. The lowest BCUT2D eigenvalue weighted by Gasteiger charge is -2.30. The molecule has 1 amide bonds. The van der Waals surface area contributed by atoms with E-state index in [1.807, 2.05) is 25.1 Å². The lowest BCUT2D eigenvalue weighted by Crippen LogP contribution is -2.32. The van der Waals surface area contributed by atoms with Gasteiger partial charge in [-0.3, -0.25) is 4.79 Å². The summed E-state index contributed by atoms with van der Waals surface area (Å²) in [7, 11) is 1.69. The van der Waals surface area contributed by atoms with Gasteiger partial charge in [0.15, 0.2) is 0 Å². The summed E-state index contributed by atoms with van der Waals surface area (Å²) >= 11 is 0. The fourth-order valence-corrected chi connectivity index (χ4v) is 2.81. The first-order valence-corrected chi connectivity index (χ1v) is 8.20. The summed E-state index contributed by atoms with van der Waals surface area (Å²) in [5.74, 6) is 0.757. The summed E-state index contributed by atoms with van der Waals surface area (Å²) in [5, 5.41) is 2.98. The molecule has 2 aromatic rings. The number of para-hydroxylation sites is 1. The van der Waals surface area contributed by atoms with Gasteiger partial charge in [0.2, 0.25) is 0 Å². The van der Waals surface area contributed by atoms with E-state index in [-0.39, 0.29) is 11.3 Å². The summed E-state index contributed by atoms with van der Waals surface area (Å²) in [6.45, 7) is 6.74. The van der Waals surface area contributed by atoms with Crippen molar-refractivity contribution in [3.8, 4) is 5.75 Å². The molecule has 0 saturated heterocycles. The average molecular weight is 327 g/mol. The minimum absolute atomic E-state index is 0.0673. The molecule has 1 heterocycles. The van der Waals surface area contributed by atoms with E-state index in [2.05, 4.69) is 35.2 Å². The van der Waals surface area contributed by atoms with Crippen molar-refractivity contribution < 1.29 is 9.53 Å². The van der Waals surface area contributed by atoms with Crippen molar-refractivity contribution in [1.29, 1.82) is 0 Å². The average Bonchev–Trinajstić information content (AvgIpc) is 2.61. The Balaban J connectivity index is 2.06. The van der Waals surface area contributed by atoms with Crippen molar-refractivity contribution in [2.75, 3.05) is 13.7 Å². The molecular formula is C19H25N3O2. The van der Waals surface area contributed by atoms with Gasteiger partial charge in [0.25, 0.3) is 5.91 Å². The first-order valence-electron chi connectivity index (χ1n) is 8.20. The maximum absolute atomic E-state index is 12.3. The van der Waals surface area contributed by atoms with E-state index < -0.39 is 0 Å². The van der Waals surface area contributed by atoms with E-state index in [0.717, 1.165) is 18.6 Å². The number of hydrogen-bond donors (Lipinski definition) is 1. The van der Waals surface area contributed by atoms with Gasteiger partial charge in [-0.15, -0.1) is 0 Å². The Morgan fingerprint density at radius 2 is 2.08 bits per heavy atom. The Bertz CT molecular complexity index is 703. The SMILES string of the molecule is CC[C@](C)(CCNC(=O)c1cncnc1C)c1ccccc1OC. The molecule has 0 fully saturated rings. The summed E-state index contributed by atoms with van der Waals surface area (Å²) < 4.78 is 5.50. The van der Waals surface area contributed by atoms with Crippen molar-refractivity contribution in [1.82, 2.24) is 15.3 Å². The highest BCUT2D eigenvalue weighted by Gasteiger charge is 2.27. The number of aromatic nitrogens is 2. The monoisotopic (exact) mass is 327 g/mol. The fraction of sp³-hybridized carbons (Fsp3) is 0.421. The van der Waals surface area contributed by atoms with Crippen LogP contribution in [0.3, 0.4) is 0 Å². The number of rotatable bonds is 7. The zero-order valence-electron chi connectivity index (χ0n) is 14.8. The molecule has 0 aliphatic heterocycles. The highest BCUT2D eigenvalue weighted by atomic mass is 16.5. The maximum atomic E-state index is 12.3. The molecule has 2 rings (SSSR count). The highest BCUT2D eigenvalue weighted by molar-refractivity contribution is 5.94. The topological polar surface area (TPSA) is 64.1 Å². The third-order valence-corrected chi connectivity index (χ3v) is 4.66. The molecule has 5 nitrogen and oxygen atoms in total. The van der Waals surface area contributed by atoms with Crippen molar-refractivity contribution in [3.63, 3.8) is 0 Å². The maximum Gasteiger partial charge on any atom is 0.254 e. The smallest absolute Gasteiger partial charge is 0.254 e. The van der Waals surface area contributed by atoms with Gasteiger partial charge in [0, 0.05) is 18.3 Å². The Morgan fingerprint density at radius 1 is 1.33 bits per heavy atom. The van der Waals surface area contributed by atoms with Crippen LogP contribution in [0.5, 0.6) is 5.75 Å². The van der Waals surface area contributed by atoms with Crippen LogP contribution in [-0.4, -0.2) is 29.5 Å². The van der Waals surface area contributed by atoms with Crippen LogP contribution >= 0.6 is 0 Å². The molecule has 0 radical (unpaired) electrons. The molecule has 24 heavy (non-hydrogen) atoms. The minimum Gasteiger partial charge on any atom is -0.496 e. The molecular weight excluding hydrogens is 302 g/mol. The van der Waals surface area contributed by atoms with Crippen LogP contribution in [0.1, 0.15) is 48.3 Å². The van der Waals surface area contributed by atoms with Gasteiger partial charge in [-0.05, 0) is 31.2 Å². The van der Waals surface area contributed by atoms with E-state index in [0.29, 0.717) is 17.8 Å². The summed E-state index contributed by atoms with van der Waals surface area (Å²) in [6, 6.07) is 8.07. The first-order chi connectivity index (χ1) is 11.5. The van der Waals surface area contributed by atoms with Gasteiger partial charge in [-0.25, -0.2) is 9.97 Å². The largest absolute Gasteiger partial charge is 0.496 e.